The van der Waals surface area contributed by atoms with E-state index in [1.54, 1.807) is 48.5 Å². The summed E-state index contributed by atoms with van der Waals surface area (Å²) in [5.41, 5.74) is 1.53. The zero-order valence-electron chi connectivity index (χ0n) is 12.5. The minimum absolute atomic E-state index is 0.0342. The Kier molecular flexibility index (Phi) is 5.31. The maximum absolute atomic E-state index is 11.9. The molecule has 0 radical (unpaired) electrons. The van der Waals surface area contributed by atoms with Gasteiger partial charge in [0.05, 0.1) is 6.04 Å². The largest absolute Gasteiger partial charge is 0.508 e. The molecule has 2 aromatic rings. The molecule has 0 spiro atoms. The van der Waals surface area contributed by atoms with E-state index >= 15 is 0 Å². The molecule has 0 bridgehead atoms. The molecule has 0 aliphatic carbocycles. The van der Waals surface area contributed by atoms with Crippen LogP contribution in [0.15, 0.2) is 54.6 Å². The third-order valence-corrected chi connectivity index (χ3v) is 3.45. The van der Waals surface area contributed by atoms with Gasteiger partial charge in [-0.05, 0) is 24.6 Å². The summed E-state index contributed by atoms with van der Waals surface area (Å²) in [6.07, 6.45) is 0.355. The molecule has 1 unspecified atom stereocenters. The number of hydrogen-bond acceptors (Lipinski definition) is 3. The number of phenols is 1. The number of rotatable bonds is 6. The van der Waals surface area contributed by atoms with Crippen LogP contribution in [-0.2, 0) is 4.79 Å². The summed E-state index contributed by atoms with van der Waals surface area (Å²) in [7, 11) is 0. The fourth-order valence-electron chi connectivity index (χ4n) is 2.16. The fourth-order valence-corrected chi connectivity index (χ4v) is 2.16. The molecule has 2 aromatic carbocycles. The SMILES string of the molecule is CC(NC(=O)CCC(=O)c1ccccc1)c1ccc(O)cc1. The van der Waals surface area contributed by atoms with Gasteiger partial charge in [0.25, 0.3) is 0 Å². The van der Waals surface area contributed by atoms with Crippen LogP contribution in [0.4, 0.5) is 0 Å². The lowest BCUT2D eigenvalue weighted by Crippen LogP contribution is -2.26. The van der Waals surface area contributed by atoms with Crippen molar-refractivity contribution in [2.45, 2.75) is 25.8 Å². The average Bonchev–Trinajstić information content (AvgIpc) is 2.54. The molecule has 4 heteroatoms. The van der Waals surface area contributed by atoms with Gasteiger partial charge >= 0.3 is 0 Å². The predicted octanol–water partition coefficient (Wildman–Crippen LogP) is 3.23. The van der Waals surface area contributed by atoms with Gasteiger partial charge in [0.15, 0.2) is 5.78 Å². The van der Waals surface area contributed by atoms with E-state index in [1.165, 1.54) is 0 Å². The van der Waals surface area contributed by atoms with Gasteiger partial charge in [-0.1, -0.05) is 42.5 Å². The summed E-state index contributed by atoms with van der Waals surface area (Å²) in [5.74, 6) is -0.00590. The third-order valence-electron chi connectivity index (χ3n) is 3.45. The molecule has 2 rings (SSSR count). The Bertz CT molecular complexity index is 635. The first-order valence-corrected chi connectivity index (χ1v) is 7.23. The van der Waals surface area contributed by atoms with Gasteiger partial charge < -0.3 is 10.4 Å². The van der Waals surface area contributed by atoms with E-state index in [2.05, 4.69) is 5.32 Å². The van der Waals surface area contributed by atoms with Gasteiger partial charge in [-0.15, -0.1) is 0 Å². The average molecular weight is 297 g/mol. The highest BCUT2D eigenvalue weighted by atomic mass is 16.3. The molecule has 0 fully saturated rings. The van der Waals surface area contributed by atoms with Crippen molar-refractivity contribution in [3.8, 4) is 5.75 Å². The smallest absolute Gasteiger partial charge is 0.220 e. The number of amides is 1. The van der Waals surface area contributed by atoms with Crippen LogP contribution in [0.5, 0.6) is 5.75 Å². The number of nitrogens with one attached hydrogen (secondary N) is 1. The number of ketones is 1. The number of hydrogen-bond donors (Lipinski definition) is 2. The van der Waals surface area contributed by atoms with Crippen molar-refractivity contribution in [1.82, 2.24) is 5.32 Å². The van der Waals surface area contributed by atoms with Gasteiger partial charge in [0.2, 0.25) is 5.91 Å². The zero-order chi connectivity index (χ0) is 15.9. The Balaban J connectivity index is 1.83. The number of benzene rings is 2. The minimum Gasteiger partial charge on any atom is -0.508 e. The van der Waals surface area contributed by atoms with E-state index in [9.17, 15) is 14.7 Å². The van der Waals surface area contributed by atoms with Crippen LogP contribution in [0.1, 0.15) is 41.7 Å². The zero-order valence-corrected chi connectivity index (χ0v) is 12.5. The molecule has 0 saturated heterocycles. The van der Waals surface area contributed by atoms with E-state index in [4.69, 9.17) is 0 Å². The summed E-state index contributed by atoms with van der Waals surface area (Å²) in [6.45, 7) is 1.86. The molecule has 1 atom stereocenters. The molecule has 0 aliphatic rings. The van der Waals surface area contributed by atoms with Gasteiger partial charge in [0.1, 0.15) is 5.75 Å². The first kappa shape index (κ1) is 15.8. The number of carbonyl (C=O) groups is 2. The second-order valence-electron chi connectivity index (χ2n) is 5.17. The Morgan fingerprint density at radius 3 is 2.27 bits per heavy atom. The maximum atomic E-state index is 11.9. The first-order chi connectivity index (χ1) is 10.6. The molecule has 0 aliphatic heterocycles. The number of phenolic OH excluding ortho intramolecular Hbond substituents is 1. The Hall–Kier alpha value is -2.62. The summed E-state index contributed by atoms with van der Waals surface area (Å²) in [6, 6.07) is 15.5. The lowest BCUT2D eigenvalue weighted by atomic mass is 10.1. The molecule has 1 amide bonds. The van der Waals surface area contributed by atoms with Crippen LogP contribution in [0.25, 0.3) is 0 Å². The molecule has 22 heavy (non-hydrogen) atoms. The lowest BCUT2D eigenvalue weighted by molar-refractivity contribution is -0.121. The van der Waals surface area contributed by atoms with Crippen LogP contribution in [0, 0.1) is 0 Å². The normalized spacial score (nSPS) is 11.7. The third kappa shape index (κ3) is 4.45. The summed E-state index contributed by atoms with van der Waals surface area (Å²) in [5, 5.41) is 12.1. The van der Waals surface area contributed by atoms with Crippen LogP contribution in [0.3, 0.4) is 0 Å². The molecule has 114 valence electrons. The van der Waals surface area contributed by atoms with E-state index in [-0.39, 0.29) is 36.3 Å². The van der Waals surface area contributed by atoms with Crippen LogP contribution in [0.2, 0.25) is 0 Å². The molecule has 2 N–H and O–H groups in total. The van der Waals surface area contributed by atoms with Crippen molar-refractivity contribution in [1.29, 1.82) is 0 Å². The summed E-state index contributed by atoms with van der Waals surface area (Å²) >= 11 is 0. The molecule has 0 aromatic heterocycles. The Morgan fingerprint density at radius 2 is 1.64 bits per heavy atom. The monoisotopic (exact) mass is 297 g/mol. The molecule has 0 heterocycles. The number of carbonyl (C=O) groups excluding carboxylic acids is 2. The van der Waals surface area contributed by atoms with Gasteiger partial charge in [-0.25, -0.2) is 0 Å². The second-order valence-corrected chi connectivity index (χ2v) is 5.17. The quantitative estimate of drug-likeness (QED) is 0.804. The standard InChI is InChI=1S/C18H19NO3/c1-13(14-7-9-16(20)10-8-14)19-18(22)12-11-17(21)15-5-3-2-4-6-15/h2-10,13,20H,11-12H2,1H3,(H,19,22). The van der Waals surface area contributed by atoms with Crippen LogP contribution >= 0.6 is 0 Å². The number of Topliss-reactive ketones (excluding diaryl/α,β-unsaturated/α-hetero) is 1. The molecular weight excluding hydrogens is 278 g/mol. The molecule has 4 nitrogen and oxygen atoms in total. The van der Waals surface area contributed by atoms with Gasteiger partial charge in [0, 0.05) is 18.4 Å². The summed E-state index contributed by atoms with van der Waals surface area (Å²) in [4.78, 5) is 23.9. The van der Waals surface area contributed by atoms with E-state index < -0.39 is 0 Å². The van der Waals surface area contributed by atoms with Crippen molar-refractivity contribution < 1.29 is 14.7 Å². The highest BCUT2D eigenvalue weighted by Gasteiger charge is 2.12. The minimum atomic E-state index is -0.167. The fraction of sp³-hybridized carbons (Fsp3) is 0.222. The van der Waals surface area contributed by atoms with Gasteiger partial charge in [-0.2, -0.15) is 0 Å². The highest BCUT2D eigenvalue weighted by Crippen LogP contribution is 2.16. The second kappa shape index (κ2) is 7.41. The van der Waals surface area contributed by atoms with Crippen LogP contribution in [-0.4, -0.2) is 16.8 Å². The van der Waals surface area contributed by atoms with E-state index in [0.29, 0.717) is 5.56 Å². The predicted molar refractivity (Wildman–Crippen MR) is 84.7 cm³/mol. The topological polar surface area (TPSA) is 66.4 Å². The van der Waals surface area contributed by atoms with Crippen molar-refractivity contribution in [2.75, 3.05) is 0 Å². The molecular formula is C18H19NO3. The lowest BCUT2D eigenvalue weighted by Gasteiger charge is -2.14. The van der Waals surface area contributed by atoms with E-state index in [0.717, 1.165) is 5.56 Å². The van der Waals surface area contributed by atoms with E-state index in [1.807, 2.05) is 13.0 Å². The molecule has 0 saturated carbocycles. The maximum Gasteiger partial charge on any atom is 0.220 e. The van der Waals surface area contributed by atoms with Crippen molar-refractivity contribution in [2.24, 2.45) is 0 Å². The Morgan fingerprint density at radius 1 is 1.00 bits per heavy atom. The first-order valence-electron chi connectivity index (χ1n) is 7.23. The summed E-state index contributed by atoms with van der Waals surface area (Å²) < 4.78 is 0. The van der Waals surface area contributed by atoms with Crippen molar-refractivity contribution >= 4 is 11.7 Å². The van der Waals surface area contributed by atoms with Crippen molar-refractivity contribution in [3.63, 3.8) is 0 Å². The number of aromatic hydroxyl groups is 1. The van der Waals surface area contributed by atoms with Crippen LogP contribution < -0.4 is 5.32 Å². The van der Waals surface area contributed by atoms with Crippen molar-refractivity contribution in [3.05, 3.63) is 65.7 Å². The highest BCUT2D eigenvalue weighted by molar-refractivity contribution is 5.97. The van der Waals surface area contributed by atoms with Gasteiger partial charge in [-0.3, -0.25) is 9.59 Å². The Labute approximate surface area is 129 Å².